The average Bonchev–Trinajstić information content (AvgIpc) is 2.32. The summed E-state index contributed by atoms with van der Waals surface area (Å²) in [6.45, 7) is 0. The monoisotopic (exact) mass is 308 g/mol. The molecule has 18 heavy (non-hydrogen) atoms. The number of hydrogen-bond acceptors (Lipinski definition) is 2. The van der Waals surface area contributed by atoms with Gasteiger partial charge in [-0.25, -0.2) is 4.39 Å². The normalized spacial score (nSPS) is 10.1. The Bertz CT molecular complexity index is 584. The van der Waals surface area contributed by atoms with Crippen LogP contribution in [0.15, 0.2) is 46.9 Å². The Morgan fingerprint density at radius 2 is 1.83 bits per heavy atom. The van der Waals surface area contributed by atoms with Gasteiger partial charge in [-0.2, -0.15) is 0 Å². The van der Waals surface area contributed by atoms with Gasteiger partial charge < -0.3 is 11.1 Å². The maximum atomic E-state index is 13.6. The number of carbonyl (C=O) groups excluding carboxylic acids is 1. The summed E-state index contributed by atoms with van der Waals surface area (Å²) in [5, 5.41) is 2.60. The molecule has 2 rings (SSSR count). The number of benzene rings is 2. The Hall–Kier alpha value is -1.88. The van der Waals surface area contributed by atoms with E-state index < -0.39 is 11.7 Å². The van der Waals surface area contributed by atoms with Crippen LogP contribution in [0.4, 0.5) is 15.8 Å². The van der Waals surface area contributed by atoms with E-state index in [0.29, 0.717) is 15.8 Å². The van der Waals surface area contributed by atoms with Gasteiger partial charge in [-0.15, -0.1) is 0 Å². The Balaban J connectivity index is 2.19. The molecule has 3 nitrogen and oxygen atoms in total. The smallest absolute Gasteiger partial charge is 0.258 e. The molecule has 0 aliphatic rings. The van der Waals surface area contributed by atoms with Crippen molar-refractivity contribution in [2.24, 2.45) is 0 Å². The molecule has 0 atom stereocenters. The highest BCUT2D eigenvalue weighted by Crippen LogP contribution is 2.17. The number of nitrogen functional groups attached to an aromatic ring is 1. The molecule has 0 heterocycles. The Labute approximate surface area is 112 Å². The highest BCUT2D eigenvalue weighted by atomic mass is 79.9. The fourth-order valence-corrected chi connectivity index (χ4v) is 1.77. The van der Waals surface area contributed by atoms with Gasteiger partial charge in [-0.1, -0.05) is 15.9 Å². The summed E-state index contributed by atoms with van der Waals surface area (Å²) in [7, 11) is 0. The molecule has 0 aromatic heterocycles. The van der Waals surface area contributed by atoms with Crippen LogP contribution in [0, 0.1) is 5.82 Å². The molecular weight excluding hydrogens is 299 g/mol. The van der Waals surface area contributed by atoms with E-state index in [2.05, 4.69) is 21.2 Å². The Morgan fingerprint density at radius 3 is 2.44 bits per heavy atom. The van der Waals surface area contributed by atoms with Gasteiger partial charge in [0.1, 0.15) is 5.82 Å². The first-order valence-corrected chi connectivity index (χ1v) is 5.97. The fraction of sp³-hybridized carbons (Fsp3) is 0. The van der Waals surface area contributed by atoms with Gasteiger partial charge in [0.2, 0.25) is 0 Å². The molecule has 2 aromatic carbocycles. The predicted molar refractivity (Wildman–Crippen MR) is 72.9 cm³/mol. The molecule has 2 aromatic rings. The lowest BCUT2D eigenvalue weighted by atomic mass is 10.2. The van der Waals surface area contributed by atoms with Gasteiger partial charge in [0.25, 0.3) is 5.91 Å². The highest BCUT2D eigenvalue weighted by Gasteiger charge is 2.11. The fourth-order valence-electron chi connectivity index (χ4n) is 1.44. The molecule has 0 radical (unpaired) electrons. The van der Waals surface area contributed by atoms with E-state index in [4.69, 9.17) is 5.73 Å². The quantitative estimate of drug-likeness (QED) is 0.835. The average molecular weight is 309 g/mol. The van der Waals surface area contributed by atoms with Crippen molar-refractivity contribution in [3.63, 3.8) is 0 Å². The molecule has 0 bridgehead atoms. The van der Waals surface area contributed by atoms with Gasteiger partial charge in [0, 0.05) is 15.8 Å². The van der Waals surface area contributed by atoms with Crippen molar-refractivity contribution in [2.45, 2.75) is 0 Å². The van der Waals surface area contributed by atoms with Crippen LogP contribution < -0.4 is 11.1 Å². The molecular formula is C13H10BrFN2O. The van der Waals surface area contributed by atoms with Gasteiger partial charge in [-0.05, 0) is 42.5 Å². The molecule has 0 unspecified atom stereocenters. The predicted octanol–water partition coefficient (Wildman–Crippen LogP) is 3.42. The van der Waals surface area contributed by atoms with E-state index in [1.807, 2.05) is 0 Å². The van der Waals surface area contributed by atoms with Crippen LogP contribution in [0.3, 0.4) is 0 Å². The van der Waals surface area contributed by atoms with Crippen molar-refractivity contribution in [2.75, 3.05) is 11.1 Å². The second-order valence-corrected chi connectivity index (χ2v) is 4.62. The maximum absolute atomic E-state index is 13.6. The largest absolute Gasteiger partial charge is 0.399 e. The van der Waals surface area contributed by atoms with Crippen LogP contribution in [-0.2, 0) is 0 Å². The zero-order valence-electron chi connectivity index (χ0n) is 9.28. The molecule has 0 aliphatic heterocycles. The zero-order chi connectivity index (χ0) is 13.1. The highest BCUT2D eigenvalue weighted by molar-refractivity contribution is 9.10. The number of halogens is 2. The molecule has 0 spiro atoms. The summed E-state index contributed by atoms with van der Waals surface area (Å²) in [5.74, 6) is -1.07. The van der Waals surface area contributed by atoms with Crippen molar-refractivity contribution >= 4 is 33.2 Å². The molecule has 0 fully saturated rings. The summed E-state index contributed by atoms with van der Waals surface area (Å²) in [5.41, 5.74) is 6.69. The first-order chi connectivity index (χ1) is 8.56. The lowest BCUT2D eigenvalue weighted by Gasteiger charge is -2.06. The molecule has 92 valence electrons. The van der Waals surface area contributed by atoms with Crippen LogP contribution in [0.25, 0.3) is 0 Å². The minimum absolute atomic E-state index is 0.00461. The molecule has 3 N–H and O–H groups in total. The van der Waals surface area contributed by atoms with E-state index in [1.54, 1.807) is 30.3 Å². The molecule has 1 amide bonds. The van der Waals surface area contributed by atoms with Crippen molar-refractivity contribution < 1.29 is 9.18 Å². The van der Waals surface area contributed by atoms with Crippen LogP contribution in [0.2, 0.25) is 0 Å². The van der Waals surface area contributed by atoms with Crippen molar-refractivity contribution in [1.29, 1.82) is 0 Å². The van der Waals surface area contributed by atoms with Crippen LogP contribution in [0.5, 0.6) is 0 Å². The van der Waals surface area contributed by atoms with Crippen LogP contribution in [0.1, 0.15) is 10.4 Å². The number of anilines is 2. The first kappa shape index (κ1) is 12.6. The van der Waals surface area contributed by atoms with Gasteiger partial charge >= 0.3 is 0 Å². The van der Waals surface area contributed by atoms with Crippen molar-refractivity contribution in [1.82, 2.24) is 0 Å². The van der Waals surface area contributed by atoms with Gasteiger partial charge in [0.15, 0.2) is 0 Å². The number of carbonyl (C=O) groups is 1. The van der Waals surface area contributed by atoms with E-state index in [9.17, 15) is 9.18 Å². The van der Waals surface area contributed by atoms with Gasteiger partial charge in [0.05, 0.1) is 5.56 Å². The van der Waals surface area contributed by atoms with Crippen LogP contribution in [-0.4, -0.2) is 5.91 Å². The van der Waals surface area contributed by atoms with E-state index in [0.717, 1.165) is 0 Å². The minimum Gasteiger partial charge on any atom is -0.399 e. The number of rotatable bonds is 2. The summed E-state index contributed by atoms with van der Waals surface area (Å²) >= 11 is 3.13. The zero-order valence-corrected chi connectivity index (χ0v) is 10.9. The Kier molecular flexibility index (Phi) is 3.62. The van der Waals surface area contributed by atoms with Gasteiger partial charge in [-0.3, -0.25) is 4.79 Å². The second-order valence-electron chi connectivity index (χ2n) is 3.70. The van der Waals surface area contributed by atoms with Crippen LogP contribution >= 0.6 is 15.9 Å². The standard InChI is InChI=1S/C13H10BrFN2O/c14-8-1-6-11(12(15)7-8)13(18)17-10-4-2-9(16)3-5-10/h1-7H,16H2,(H,17,18). The number of hydrogen-bond donors (Lipinski definition) is 2. The summed E-state index contributed by atoms with van der Waals surface area (Å²) in [6.07, 6.45) is 0. The molecule has 0 aliphatic carbocycles. The Morgan fingerprint density at radius 1 is 1.17 bits per heavy atom. The summed E-state index contributed by atoms with van der Waals surface area (Å²) in [4.78, 5) is 11.8. The third-order valence-electron chi connectivity index (χ3n) is 2.34. The van der Waals surface area contributed by atoms with Crippen molar-refractivity contribution in [3.05, 3.63) is 58.3 Å². The number of amides is 1. The van der Waals surface area contributed by atoms with Crippen molar-refractivity contribution in [3.8, 4) is 0 Å². The molecule has 0 saturated carbocycles. The minimum atomic E-state index is -0.572. The number of nitrogens with two attached hydrogens (primary N) is 1. The SMILES string of the molecule is Nc1ccc(NC(=O)c2ccc(Br)cc2F)cc1. The van der Waals surface area contributed by atoms with E-state index >= 15 is 0 Å². The summed E-state index contributed by atoms with van der Waals surface area (Å²) < 4.78 is 14.1. The number of nitrogens with one attached hydrogen (secondary N) is 1. The second kappa shape index (κ2) is 5.18. The third kappa shape index (κ3) is 2.87. The molecule has 0 saturated heterocycles. The lowest BCUT2D eigenvalue weighted by Crippen LogP contribution is -2.13. The first-order valence-electron chi connectivity index (χ1n) is 5.18. The third-order valence-corrected chi connectivity index (χ3v) is 2.84. The topological polar surface area (TPSA) is 55.1 Å². The lowest BCUT2D eigenvalue weighted by molar-refractivity contribution is 0.102. The summed E-state index contributed by atoms with van der Waals surface area (Å²) in [6, 6.07) is 10.9. The maximum Gasteiger partial charge on any atom is 0.258 e. The van der Waals surface area contributed by atoms with E-state index in [-0.39, 0.29) is 5.56 Å². The molecule has 5 heteroatoms. The van der Waals surface area contributed by atoms with E-state index in [1.165, 1.54) is 12.1 Å².